The van der Waals surface area contributed by atoms with Gasteiger partial charge in [0.2, 0.25) is 5.91 Å². The van der Waals surface area contributed by atoms with E-state index in [2.05, 4.69) is 0 Å². The number of carbonyl (C=O) groups is 3. The highest BCUT2D eigenvalue weighted by atomic mass is 16.5. The second kappa shape index (κ2) is 7.29. The maximum atomic E-state index is 12.8. The second-order valence-corrected chi connectivity index (χ2v) is 5.73. The monoisotopic (exact) mass is 331 g/mol. The molecule has 1 aromatic rings. The topological polar surface area (TPSA) is 83.9 Å². The molecule has 1 aliphatic rings. The zero-order chi connectivity index (χ0) is 17.9. The molecule has 1 heterocycles. The van der Waals surface area contributed by atoms with Gasteiger partial charge in [0.05, 0.1) is 30.6 Å². The number of aliphatic carboxylic acids is 1. The van der Waals surface area contributed by atoms with Gasteiger partial charge in [-0.25, -0.2) is 4.79 Å². The fourth-order valence-corrected chi connectivity index (χ4v) is 2.88. The SMILES string of the molecule is CCOC(=O)C1=C(C)N(Cc2ccccc2)C(=O)[C@@H]1[C@@H](C)C(=O)O. The lowest BCUT2D eigenvalue weighted by molar-refractivity contribution is -0.148. The zero-order valence-corrected chi connectivity index (χ0v) is 14.0. The van der Waals surface area contributed by atoms with Crippen molar-refractivity contribution in [3.63, 3.8) is 0 Å². The van der Waals surface area contributed by atoms with Crippen LogP contribution in [-0.4, -0.2) is 34.5 Å². The van der Waals surface area contributed by atoms with Crippen LogP contribution in [-0.2, 0) is 25.7 Å². The van der Waals surface area contributed by atoms with Crippen molar-refractivity contribution >= 4 is 17.8 Å². The number of esters is 1. The molecule has 24 heavy (non-hydrogen) atoms. The smallest absolute Gasteiger partial charge is 0.336 e. The predicted molar refractivity (Wildman–Crippen MR) is 86.6 cm³/mol. The molecule has 1 N–H and O–H groups in total. The normalized spacial score (nSPS) is 18.7. The second-order valence-electron chi connectivity index (χ2n) is 5.73. The maximum Gasteiger partial charge on any atom is 0.336 e. The number of amides is 1. The van der Waals surface area contributed by atoms with E-state index in [1.165, 1.54) is 11.8 Å². The molecule has 0 spiro atoms. The van der Waals surface area contributed by atoms with Crippen LogP contribution >= 0.6 is 0 Å². The third-order valence-corrected chi connectivity index (χ3v) is 4.21. The van der Waals surface area contributed by atoms with Gasteiger partial charge in [0, 0.05) is 5.70 Å². The number of benzene rings is 1. The van der Waals surface area contributed by atoms with Crippen LogP contribution in [0, 0.1) is 11.8 Å². The lowest BCUT2D eigenvalue weighted by Gasteiger charge is -2.20. The lowest BCUT2D eigenvalue weighted by Crippen LogP contribution is -2.34. The van der Waals surface area contributed by atoms with E-state index in [0.717, 1.165) is 5.56 Å². The van der Waals surface area contributed by atoms with Crippen molar-refractivity contribution in [3.8, 4) is 0 Å². The number of nitrogens with zero attached hydrogens (tertiary/aromatic N) is 1. The highest BCUT2D eigenvalue weighted by Crippen LogP contribution is 2.36. The molecule has 0 aliphatic carbocycles. The third-order valence-electron chi connectivity index (χ3n) is 4.21. The van der Waals surface area contributed by atoms with Gasteiger partial charge in [0.1, 0.15) is 0 Å². The van der Waals surface area contributed by atoms with Crippen LogP contribution in [0.1, 0.15) is 26.3 Å². The van der Waals surface area contributed by atoms with Gasteiger partial charge in [-0.15, -0.1) is 0 Å². The Morgan fingerprint density at radius 3 is 2.46 bits per heavy atom. The first-order chi connectivity index (χ1) is 11.4. The van der Waals surface area contributed by atoms with Crippen LogP contribution in [0.15, 0.2) is 41.6 Å². The molecule has 2 atom stereocenters. The summed E-state index contributed by atoms with van der Waals surface area (Å²) in [5, 5.41) is 9.31. The van der Waals surface area contributed by atoms with E-state index in [0.29, 0.717) is 5.70 Å². The van der Waals surface area contributed by atoms with Crippen LogP contribution in [0.4, 0.5) is 0 Å². The molecule has 1 amide bonds. The number of carboxylic acids is 1. The average Bonchev–Trinajstić information content (AvgIpc) is 2.80. The molecule has 2 rings (SSSR count). The van der Waals surface area contributed by atoms with E-state index in [9.17, 15) is 19.5 Å². The zero-order valence-electron chi connectivity index (χ0n) is 14.0. The first kappa shape index (κ1) is 17.7. The van der Waals surface area contributed by atoms with Crippen LogP contribution < -0.4 is 0 Å². The first-order valence-corrected chi connectivity index (χ1v) is 7.84. The van der Waals surface area contributed by atoms with Crippen molar-refractivity contribution in [2.24, 2.45) is 11.8 Å². The summed E-state index contributed by atoms with van der Waals surface area (Å²) in [6, 6.07) is 9.34. The summed E-state index contributed by atoms with van der Waals surface area (Å²) in [6.07, 6.45) is 0. The van der Waals surface area contributed by atoms with Crippen molar-refractivity contribution in [2.45, 2.75) is 27.3 Å². The van der Waals surface area contributed by atoms with Gasteiger partial charge < -0.3 is 14.7 Å². The lowest BCUT2D eigenvalue weighted by atomic mass is 9.87. The summed E-state index contributed by atoms with van der Waals surface area (Å²) >= 11 is 0. The molecular formula is C18H21NO5. The number of carboxylic acid groups (broad SMARTS) is 1. The molecule has 0 radical (unpaired) electrons. The van der Waals surface area contributed by atoms with Crippen molar-refractivity contribution in [1.29, 1.82) is 0 Å². The van der Waals surface area contributed by atoms with Gasteiger partial charge >= 0.3 is 11.9 Å². The number of rotatable bonds is 6. The van der Waals surface area contributed by atoms with Gasteiger partial charge in [0.25, 0.3) is 0 Å². The van der Waals surface area contributed by atoms with E-state index < -0.39 is 23.8 Å². The van der Waals surface area contributed by atoms with Crippen LogP contribution in [0.3, 0.4) is 0 Å². The summed E-state index contributed by atoms with van der Waals surface area (Å²) in [4.78, 5) is 37.9. The van der Waals surface area contributed by atoms with Crippen molar-refractivity contribution in [3.05, 3.63) is 47.2 Å². The minimum atomic E-state index is -1.12. The third kappa shape index (κ3) is 3.32. The summed E-state index contributed by atoms with van der Waals surface area (Å²) in [6.45, 7) is 5.21. The quantitative estimate of drug-likeness (QED) is 0.808. The van der Waals surface area contributed by atoms with E-state index in [1.807, 2.05) is 30.3 Å². The molecule has 0 bridgehead atoms. The van der Waals surface area contributed by atoms with Crippen molar-refractivity contribution in [1.82, 2.24) is 4.90 Å². The number of carbonyl (C=O) groups excluding carboxylic acids is 2. The minimum absolute atomic E-state index is 0.146. The Balaban J connectivity index is 2.40. The predicted octanol–water partition coefficient (Wildman–Crippen LogP) is 2.20. The van der Waals surface area contributed by atoms with Gasteiger partial charge in [0.15, 0.2) is 0 Å². The first-order valence-electron chi connectivity index (χ1n) is 7.84. The Morgan fingerprint density at radius 2 is 1.92 bits per heavy atom. The van der Waals surface area contributed by atoms with Crippen LogP contribution in [0.25, 0.3) is 0 Å². The standard InChI is InChI=1S/C18H21NO5/c1-4-24-18(23)15-12(3)19(10-13-8-6-5-7-9-13)16(20)14(15)11(2)17(21)22/h5-9,11,14H,4,10H2,1-3H3,(H,21,22)/t11-,14-/m1/s1. The molecule has 1 aromatic carbocycles. The number of hydrogen-bond donors (Lipinski definition) is 1. The number of allylic oxidation sites excluding steroid dienone is 1. The average molecular weight is 331 g/mol. The van der Waals surface area contributed by atoms with Gasteiger partial charge in [-0.05, 0) is 19.4 Å². The summed E-state index contributed by atoms with van der Waals surface area (Å²) in [5.41, 5.74) is 1.50. The van der Waals surface area contributed by atoms with Crippen LogP contribution in [0.5, 0.6) is 0 Å². The van der Waals surface area contributed by atoms with Crippen molar-refractivity contribution in [2.75, 3.05) is 6.61 Å². The van der Waals surface area contributed by atoms with Crippen LogP contribution in [0.2, 0.25) is 0 Å². The summed E-state index contributed by atoms with van der Waals surface area (Å²) in [5.74, 6) is -4.16. The van der Waals surface area contributed by atoms with Gasteiger partial charge in [-0.3, -0.25) is 9.59 Å². The Bertz CT molecular complexity index is 680. The molecule has 0 saturated carbocycles. The van der Waals surface area contributed by atoms with Gasteiger partial charge in [-0.2, -0.15) is 0 Å². The summed E-state index contributed by atoms with van der Waals surface area (Å²) < 4.78 is 5.03. The maximum absolute atomic E-state index is 12.8. The molecule has 6 heteroatoms. The molecule has 0 aromatic heterocycles. The van der Waals surface area contributed by atoms with Gasteiger partial charge in [-0.1, -0.05) is 37.3 Å². The Labute approximate surface area is 140 Å². The van der Waals surface area contributed by atoms with E-state index in [1.54, 1.807) is 13.8 Å². The molecule has 128 valence electrons. The van der Waals surface area contributed by atoms with Crippen molar-refractivity contribution < 1.29 is 24.2 Å². The molecule has 0 unspecified atom stereocenters. The van der Waals surface area contributed by atoms with E-state index in [4.69, 9.17) is 4.74 Å². The minimum Gasteiger partial charge on any atom is -0.481 e. The Kier molecular flexibility index (Phi) is 5.39. The van der Waals surface area contributed by atoms with E-state index in [-0.39, 0.29) is 24.6 Å². The molecule has 0 fully saturated rings. The fourth-order valence-electron chi connectivity index (χ4n) is 2.88. The number of hydrogen-bond acceptors (Lipinski definition) is 4. The summed E-state index contributed by atoms with van der Waals surface area (Å²) in [7, 11) is 0. The Hall–Kier alpha value is -2.63. The molecule has 6 nitrogen and oxygen atoms in total. The highest BCUT2D eigenvalue weighted by Gasteiger charge is 2.46. The fraction of sp³-hybridized carbons (Fsp3) is 0.389. The largest absolute Gasteiger partial charge is 0.481 e. The Morgan fingerprint density at radius 1 is 1.29 bits per heavy atom. The van der Waals surface area contributed by atoms with E-state index >= 15 is 0 Å². The highest BCUT2D eigenvalue weighted by molar-refractivity contribution is 6.03. The molecule has 0 saturated heterocycles. The molecule has 1 aliphatic heterocycles. The number of ether oxygens (including phenoxy) is 1. The molecular weight excluding hydrogens is 310 g/mol.